The summed E-state index contributed by atoms with van der Waals surface area (Å²) in [5.74, 6) is 0.706. The van der Waals surface area contributed by atoms with Crippen molar-refractivity contribution in [2.75, 3.05) is 0 Å². The van der Waals surface area contributed by atoms with Gasteiger partial charge in [0.05, 0.1) is 11.5 Å². The Morgan fingerprint density at radius 1 is 0.590 bits per heavy atom. The molecule has 0 radical (unpaired) electrons. The Kier molecular flexibility index (Phi) is 8.10. The van der Waals surface area contributed by atoms with E-state index in [9.17, 15) is 0 Å². The van der Waals surface area contributed by atoms with Gasteiger partial charge in [0.2, 0.25) is 0 Å². The van der Waals surface area contributed by atoms with Crippen LogP contribution in [0.5, 0.6) is 0 Å². The van der Waals surface area contributed by atoms with E-state index in [2.05, 4.69) is 42.0 Å². The number of benzene rings is 3. The summed E-state index contributed by atoms with van der Waals surface area (Å²) in [4.78, 5) is 26.1. The minimum Gasteiger partial charge on any atom is -0.449 e. The molecule has 0 aliphatic heterocycles. The Hall–Kier alpha value is -4.74. The van der Waals surface area contributed by atoms with E-state index in [0.717, 1.165) is 44.1 Å². The molecule has 0 unspecified atom stereocenters. The Balaban J connectivity index is 0.000000157. The number of imidazole rings is 1. The van der Waals surface area contributed by atoms with Crippen LogP contribution in [-0.4, -0.2) is 15.0 Å². The second-order valence-electron chi connectivity index (χ2n) is 8.49. The van der Waals surface area contributed by atoms with E-state index in [4.69, 9.17) is 0 Å². The maximum Gasteiger partial charge on any atom is 2.00 e. The van der Waals surface area contributed by atoms with Crippen molar-refractivity contribution in [3.05, 3.63) is 140 Å². The molecular formula is C32H22N6Zn. The summed E-state index contributed by atoms with van der Waals surface area (Å²) in [5.41, 5.74) is 4.67. The monoisotopic (exact) mass is 554 g/mol. The molecule has 0 N–H and O–H groups in total. The first kappa shape index (κ1) is 25.9. The molecule has 0 amide bonds. The molecule has 0 bridgehead atoms. The first-order chi connectivity index (χ1) is 18.9. The van der Waals surface area contributed by atoms with Crippen LogP contribution in [0.2, 0.25) is 0 Å². The van der Waals surface area contributed by atoms with Gasteiger partial charge in [-0.3, -0.25) is 9.97 Å². The van der Waals surface area contributed by atoms with E-state index in [1.165, 1.54) is 0 Å². The van der Waals surface area contributed by atoms with Gasteiger partial charge in [0.25, 0.3) is 0 Å². The van der Waals surface area contributed by atoms with Gasteiger partial charge >= 0.3 is 19.5 Å². The molecule has 0 aliphatic carbocycles. The van der Waals surface area contributed by atoms with Gasteiger partial charge in [0, 0.05) is 23.3 Å². The van der Waals surface area contributed by atoms with E-state index in [1.54, 1.807) is 31.1 Å². The molecule has 0 atom stereocenters. The molecule has 6 nitrogen and oxygen atoms in total. The molecule has 7 aromatic rings. The van der Waals surface area contributed by atoms with Crippen LogP contribution in [0.1, 0.15) is 0 Å². The van der Waals surface area contributed by atoms with Crippen molar-refractivity contribution in [1.82, 2.24) is 24.9 Å². The summed E-state index contributed by atoms with van der Waals surface area (Å²) < 4.78 is 0. The smallest absolute Gasteiger partial charge is 0.449 e. The number of fused-ring (bicyclic) bond motifs is 2. The third-order valence-electron chi connectivity index (χ3n) is 6.12. The molecule has 0 aliphatic rings. The van der Waals surface area contributed by atoms with Gasteiger partial charge in [-0.05, 0) is 51.1 Å². The van der Waals surface area contributed by atoms with Crippen LogP contribution in [-0.2, 0) is 19.5 Å². The average molecular weight is 556 g/mol. The molecule has 0 spiro atoms. The minimum absolute atomic E-state index is 0. The molecule has 4 aromatic heterocycles. The summed E-state index contributed by atoms with van der Waals surface area (Å²) in [6.07, 6.45) is 8.69. The van der Waals surface area contributed by atoms with Crippen molar-refractivity contribution >= 4 is 27.4 Å². The molecule has 0 saturated carbocycles. The van der Waals surface area contributed by atoms with Crippen molar-refractivity contribution < 1.29 is 19.5 Å². The fourth-order valence-electron chi connectivity index (χ4n) is 4.31. The molecule has 182 valence electrons. The number of hydrogen-bond acceptors (Lipinski definition) is 4. The first-order valence-corrected chi connectivity index (χ1v) is 12.2. The standard InChI is InChI=1S/C18H12N3.C14H10N3.Zn/c1-3-7-15-13(5-1)9-11-19-17(15)21-18-16-8-4-2-6-14(16)10-12-20-18;1-2-6-12(14-9-15-10-17-14)11(5-1)13-7-3-4-8-16-13;/h1-12H;1-10H;/q2*-1;+2. The van der Waals surface area contributed by atoms with Crippen molar-refractivity contribution in [2.45, 2.75) is 0 Å². The van der Waals surface area contributed by atoms with Crippen molar-refractivity contribution in [2.24, 2.45) is 4.99 Å². The summed E-state index contributed by atoms with van der Waals surface area (Å²) in [7, 11) is 0. The number of rotatable bonds is 3. The fourth-order valence-corrected chi connectivity index (χ4v) is 4.31. The van der Waals surface area contributed by atoms with Crippen LogP contribution in [0.3, 0.4) is 0 Å². The van der Waals surface area contributed by atoms with E-state index < -0.39 is 0 Å². The van der Waals surface area contributed by atoms with E-state index >= 15 is 0 Å². The summed E-state index contributed by atoms with van der Waals surface area (Å²) >= 11 is 0. The number of hydrogen-bond donors (Lipinski definition) is 0. The van der Waals surface area contributed by atoms with Crippen LogP contribution in [0.4, 0.5) is 5.82 Å². The topological polar surface area (TPSA) is 79.2 Å². The largest absolute Gasteiger partial charge is 2.00 e. The van der Waals surface area contributed by atoms with Crippen molar-refractivity contribution in [3.63, 3.8) is 0 Å². The Morgan fingerprint density at radius 3 is 2.08 bits per heavy atom. The number of nitrogens with zero attached hydrogens (tertiary/aromatic N) is 6. The Labute approximate surface area is 238 Å². The van der Waals surface area contributed by atoms with Crippen LogP contribution in [0.15, 0.2) is 139 Å². The predicted molar refractivity (Wildman–Crippen MR) is 150 cm³/mol. The van der Waals surface area contributed by atoms with Gasteiger partial charge in [-0.25, -0.2) is 0 Å². The molecule has 39 heavy (non-hydrogen) atoms. The number of aromatic nitrogens is 5. The van der Waals surface area contributed by atoms with E-state index in [1.807, 2.05) is 91.0 Å². The zero-order valence-corrected chi connectivity index (χ0v) is 24.1. The Bertz CT molecular complexity index is 1870. The quantitative estimate of drug-likeness (QED) is 0.238. The van der Waals surface area contributed by atoms with Crippen LogP contribution in [0.25, 0.3) is 44.1 Å². The third-order valence-corrected chi connectivity index (χ3v) is 6.12. The van der Waals surface area contributed by atoms with Gasteiger partial charge in [-0.2, -0.15) is 0 Å². The molecule has 4 heterocycles. The fraction of sp³-hybridized carbons (Fsp3) is 0. The maximum absolute atomic E-state index is 4.68. The van der Waals surface area contributed by atoms with Crippen molar-refractivity contribution in [3.8, 4) is 22.5 Å². The summed E-state index contributed by atoms with van der Waals surface area (Å²) in [6, 6.07) is 34.2. The SMILES string of the molecule is [Zn+2].c1ccc(-c2ccccc2-c2cnc[n-]2)nc1.c1ccc2c(N=c3[n-]ccc4ccccc34)nccc2c1. The zero-order valence-electron chi connectivity index (χ0n) is 21.1. The third kappa shape index (κ3) is 5.74. The predicted octanol–water partition coefficient (Wildman–Crippen LogP) is 6.34. The zero-order chi connectivity index (χ0) is 25.6. The molecule has 0 fully saturated rings. The molecule has 7 heteroatoms. The normalized spacial score (nSPS) is 11.0. The molecular weight excluding hydrogens is 534 g/mol. The van der Waals surface area contributed by atoms with Gasteiger partial charge in [-0.1, -0.05) is 104 Å². The van der Waals surface area contributed by atoms with Crippen LogP contribution < -0.4 is 15.5 Å². The summed E-state index contributed by atoms with van der Waals surface area (Å²) in [6.45, 7) is 0. The minimum atomic E-state index is 0. The Morgan fingerprint density at radius 2 is 1.31 bits per heavy atom. The maximum atomic E-state index is 4.68. The van der Waals surface area contributed by atoms with Gasteiger partial charge in [0.15, 0.2) is 0 Å². The van der Waals surface area contributed by atoms with Crippen LogP contribution in [0, 0.1) is 0 Å². The first-order valence-electron chi connectivity index (χ1n) is 12.2. The van der Waals surface area contributed by atoms with Gasteiger partial charge in [-0.15, -0.1) is 0 Å². The molecule has 3 aromatic carbocycles. The van der Waals surface area contributed by atoms with Gasteiger partial charge < -0.3 is 19.9 Å². The van der Waals surface area contributed by atoms with E-state index in [-0.39, 0.29) is 19.5 Å². The van der Waals surface area contributed by atoms with Crippen LogP contribution >= 0.6 is 0 Å². The van der Waals surface area contributed by atoms with Crippen molar-refractivity contribution in [1.29, 1.82) is 0 Å². The number of pyridine rings is 3. The summed E-state index contributed by atoms with van der Waals surface area (Å²) in [5, 5.41) is 4.34. The molecule has 7 rings (SSSR count). The van der Waals surface area contributed by atoms with E-state index in [0.29, 0.717) is 11.3 Å². The average Bonchev–Trinajstić information content (AvgIpc) is 3.54. The second-order valence-corrected chi connectivity index (χ2v) is 8.49. The van der Waals surface area contributed by atoms with Gasteiger partial charge in [0.1, 0.15) is 0 Å². The second kappa shape index (κ2) is 12.2. The molecule has 0 saturated heterocycles.